The van der Waals surface area contributed by atoms with Crippen LogP contribution < -0.4 is 10.6 Å². The normalized spacial score (nSPS) is 10.1. The van der Waals surface area contributed by atoms with Crippen molar-refractivity contribution >= 4 is 23.1 Å². The van der Waals surface area contributed by atoms with E-state index < -0.39 is 0 Å². The van der Waals surface area contributed by atoms with Crippen molar-refractivity contribution in [1.29, 1.82) is 0 Å². The lowest BCUT2D eigenvalue weighted by Crippen LogP contribution is -2.15. The molecule has 2 N–H and O–H groups in total. The van der Waals surface area contributed by atoms with E-state index in [1.807, 2.05) is 32.0 Å². The fourth-order valence-corrected chi connectivity index (χ4v) is 2.15. The van der Waals surface area contributed by atoms with Gasteiger partial charge in [0.2, 0.25) is 5.91 Å². The highest BCUT2D eigenvalue weighted by Crippen LogP contribution is 2.16. The molecule has 0 saturated carbocycles. The van der Waals surface area contributed by atoms with Gasteiger partial charge in [0.05, 0.1) is 6.54 Å². The molecule has 4 heteroatoms. The average Bonchev–Trinajstić information content (AvgIpc) is 2.48. The van der Waals surface area contributed by atoms with E-state index in [2.05, 4.69) is 10.6 Å². The maximum atomic E-state index is 12.2. The second kappa shape index (κ2) is 6.89. The molecule has 2 aromatic rings. The smallest absolute Gasteiger partial charge is 0.221 e. The number of nitrogens with one attached hydrogen (secondary N) is 2. The van der Waals surface area contributed by atoms with E-state index >= 15 is 0 Å². The van der Waals surface area contributed by atoms with Crippen molar-refractivity contribution in [3.8, 4) is 0 Å². The lowest BCUT2D eigenvalue weighted by atomic mass is 10.1. The molecule has 2 rings (SSSR count). The Labute approximate surface area is 130 Å². The quantitative estimate of drug-likeness (QED) is 0.829. The molecule has 2 aromatic carbocycles. The van der Waals surface area contributed by atoms with E-state index in [1.54, 1.807) is 24.3 Å². The first kappa shape index (κ1) is 15.8. The van der Waals surface area contributed by atoms with Crippen molar-refractivity contribution in [1.82, 2.24) is 0 Å². The first-order valence-corrected chi connectivity index (χ1v) is 7.17. The third kappa shape index (κ3) is 4.19. The molecule has 0 spiro atoms. The largest absolute Gasteiger partial charge is 0.377 e. The Bertz CT molecular complexity index is 691. The number of hydrogen-bond acceptors (Lipinski definition) is 3. The number of aryl methyl sites for hydroxylation is 2. The van der Waals surface area contributed by atoms with E-state index in [4.69, 9.17) is 0 Å². The molecule has 0 aliphatic heterocycles. The van der Waals surface area contributed by atoms with Crippen LogP contribution in [0.25, 0.3) is 0 Å². The van der Waals surface area contributed by atoms with Crippen molar-refractivity contribution in [3.63, 3.8) is 0 Å². The summed E-state index contributed by atoms with van der Waals surface area (Å²) in [6.07, 6.45) is 0. The molecular formula is C18H20N2O2. The van der Waals surface area contributed by atoms with Gasteiger partial charge in [-0.1, -0.05) is 12.1 Å². The Hall–Kier alpha value is -2.62. The van der Waals surface area contributed by atoms with E-state index in [0.29, 0.717) is 11.3 Å². The number of ketones is 1. The lowest BCUT2D eigenvalue weighted by molar-refractivity contribution is -0.114. The third-order valence-electron chi connectivity index (χ3n) is 3.36. The van der Waals surface area contributed by atoms with Crippen molar-refractivity contribution < 1.29 is 9.59 Å². The third-order valence-corrected chi connectivity index (χ3v) is 3.36. The molecule has 4 nitrogen and oxygen atoms in total. The summed E-state index contributed by atoms with van der Waals surface area (Å²) in [6, 6.07) is 13.0. The number of Topliss-reactive ketones (excluding diaryl/α,β-unsaturated/α-hetero) is 1. The van der Waals surface area contributed by atoms with Crippen molar-refractivity contribution in [2.24, 2.45) is 0 Å². The van der Waals surface area contributed by atoms with Gasteiger partial charge in [0.25, 0.3) is 0 Å². The van der Waals surface area contributed by atoms with Gasteiger partial charge < -0.3 is 10.6 Å². The van der Waals surface area contributed by atoms with Gasteiger partial charge in [-0.25, -0.2) is 0 Å². The molecule has 0 aromatic heterocycles. The van der Waals surface area contributed by atoms with E-state index in [0.717, 1.165) is 16.8 Å². The van der Waals surface area contributed by atoms with Gasteiger partial charge in [-0.05, 0) is 55.3 Å². The molecule has 1 amide bonds. The van der Waals surface area contributed by atoms with Crippen LogP contribution in [0.5, 0.6) is 0 Å². The summed E-state index contributed by atoms with van der Waals surface area (Å²) in [7, 11) is 0. The molecule has 0 aliphatic rings. The second-order valence-corrected chi connectivity index (χ2v) is 5.35. The molecule has 22 heavy (non-hydrogen) atoms. The van der Waals surface area contributed by atoms with Gasteiger partial charge in [0.1, 0.15) is 0 Å². The molecular weight excluding hydrogens is 276 g/mol. The van der Waals surface area contributed by atoms with Crippen LogP contribution in [0, 0.1) is 13.8 Å². The van der Waals surface area contributed by atoms with E-state index in [9.17, 15) is 9.59 Å². The summed E-state index contributed by atoms with van der Waals surface area (Å²) in [5.74, 6) is -0.119. The van der Waals surface area contributed by atoms with Gasteiger partial charge in [-0.3, -0.25) is 9.59 Å². The SMILES string of the molecule is CC(=O)Nc1ccc(C(=O)CNc2cc(C)ccc2C)cc1. The van der Waals surface area contributed by atoms with Crippen molar-refractivity contribution in [2.45, 2.75) is 20.8 Å². The van der Waals surface area contributed by atoms with Gasteiger partial charge in [0.15, 0.2) is 5.78 Å². The highest BCUT2D eigenvalue weighted by molar-refractivity contribution is 5.99. The second-order valence-electron chi connectivity index (χ2n) is 5.35. The Morgan fingerprint density at radius 2 is 1.68 bits per heavy atom. The molecule has 0 fully saturated rings. The predicted octanol–water partition coefficient (Wildman–Crippen LogP) is 3.56. The number of carbonyl (C=O) groups is 2. The number of hydrogen-bond donors (Lipinski definition) is 2. The number of anilines is 2. The summed E-state index contributed by atoms with van der Waals surface area (Å²) >= 11 is 0. The van der Waals surface area contributed by atoms with Crippen LogP contribution in [0.4, 0.5) is 11.4 Å². The topological polar surface area (TPSA) is 58.2 Å². The fraction of sp³-hybridized carbons (Fsp3) is 0.222. The molecule has 0 saturated heterocycles. The van der Waals surface area contributed by atoms with Crippen molar-refractivity contribution in [2.75, 3.05) is 17.2 Å². The zero-order valence-corrected chi connectivity index (χ0v) is 13.1. The Balaban J connectivity index is 2.00. The van der Waals surface area contributed by atoms with E-state index in [-0.39, 0.29) is 18.2 Å². The first-order valence-electron chi connectivity index (χ1n) is 7.17. The summed E-state index contributed by atoms with van der Waals surface area (Å²) < 4.78 is 0. The number of benzene rings is 2. The van der Waals surface area contributed by atoms with Crippen LogP contribution in [0.1, 0.15) is 28.4 Å². The van der Waals surface area contributed by atoms with Gasteiger partial charge in [-0.2, -0.15) is 0 Å². The minimum atomic E-state index is -0.129. The van der Waals surface area contributed by atoms with Gasteiger partial charge in [-0.15, -0.1) is 0 Å². The van der Waals surface area contributed by atoms with Crippen LogP contribution in [0.2, 0.25) is 0 Å². The monoisotopic (exact) mass is 296 g/mol. The zero-order chi connectivity index (χ0) is 16.1. The molecule has 0 heterocycles. The number of carbonyl (C=O) groups excluding carboxylic acids is 2. The molecule has 0 radical (unpaired) electrons. The summed E-state index contributed by atoms with van der Waals surface area (Å²) in [4.78, 5) is 23.2. The average molecular weight is 296 g/mol. The maximum absolute atomic E-state index is 12.2. The first-order chi connectivity index (χ1) is 10.5. The molecule has 0 aliphatic carbocycles. The fourth-order valence-electron chi connectivity index (χ4n) is 2.15. The van der Waals surface area contributed by atoms with Crippen LogP contribution in [0.15, 0.2) is 42.5 Å². The molecule has 0 unspecified atom stereocenters. The Morgan fingerprint density at radius 1 is 1.00 bits per heavy atom. The standard InChI is InChI=1S/C18H20N2O2/c1-12-4-5-13(2)17(10-12)19-11-18(22)15-6-8-16(9-7-15)20-14(3)21/h4-10,19H,11H2,1-3H3,(H,20,21). The predicted molar refractivity (Wildman–Crippen MR) is 89.5 cm³/mol. The highest BCUT2D eigenvalue weighted by Gasteiger charge is 2.07. The summed E-state index contributed by atoms with van der Waals surface area (Å²) in [6.45, 7) is 5.72. The van der Waals surface area contributed by atoms with Crippen LogP contribution >= 0.6 is 0 Å². The molecule has 0 atom stereocenters. The highest BCUT2D eigenvalue weighted by atomic mass is 16.1. The number of amides is 1. The summed E-state index contributed by atoms with van der Waals surface area (Å²) in [5.41, 5.74) is 4.54. The minimum Gasteiger partial charge on any atom is -0.377 e. The van der Waals surface area contributed by atoms with Gasteiger partial charge >= 0.3 is 0 Å². The Kier molecular flexibility index (Phi) is 4.94. The van der Waals surface area contributed by atoms with Crippen LogP contribution in [-0.2, 0) is 4.79 Å². The van der Waals surface area contributed by atoms with Gasteiger partial charge in [0, 0.05) is 23.9 Å². The van der Waals surface area contributed by atoms with Crippen molar-refractivity contribution in [3.05, 3.63) is 59.2 Å². The van der Waals surface area contributed by atoms with Crippen LogP contribution in [-0.4, -0.2) is 18.2 Å². The Morgan fingerprint density at radius 3 is 2.32 bits per heavy atom. The molecule has 114 valence electrons. The minimum absolute atomic E-state index is 0.00952. The zero-order valence-electron chi connectivity index (χ0n) is 13.1. The van der Waals surface area contributed by atoms with Crippen LogP contribution in [0.3, 0.4) is 0 Å². The number of rotatable bonds is 5. The molecule has 0 bridgehead atoms. The van der Waals surface area contributed by atoms with E-state index in [1.165, 1.54) is 6.92 Å². The maximum Gasteiger partial charge on any atom is 0.221 e. The lowest BCUT2D eigenvalue weighted by Gasteiger charge is -2.10. The summed E-state index contributed by atoms with van der Waals surface area (Å²) in [5, 5.41) is 5.86.